The number of hydrogen-bond acceptors (Lipinski definition) is 2. The van der Waals surface area contributed by atoms with Crippen LogP contribution in [-0.2, 0) is 11.2 Å². The van der Waals surface area contributed by atoms with Crippen LogP contribution in [0.5, 0.6) is 5.75 Å². The van der Waals surface area contributed by atoms with Gasteiger partial charge in [0.25, 0.3) is 5.91 Å². The Hall–Kier alpha value is -2.36. The molecule has 0 heterocycles. The van der Waals surface area contributed by atoms with Crippen molar-refractivity contribution in [3.8, 4) is 5.75 Å². The van der Waals surface area contributed by atoms with E-state index in [9.17, 15) is 9.18 Å². The zero-order valence-electron chi connectivity index (χ0n) is 12.2. The molecule has 0 aliphatic rings. The second kappa shape index (κ2) is 6.88. The van der Waals surface area contributed by atoms with Crippen molar-refractivity contribution in [1.82, 2.24) is 0 Å². The smallest absolute Gasteiger partial charge is 0.262 e. The van der Waals surface area contributed by atoms with E-state index in [0.717, 1.165) is 12.0 Å². The molecule has 1 N–H and O–H groups in total. The van der Waals surface area contributed by atoms with Gasteiger partial charge in [-0.1, -0.05) is 25.1 Å². The van der Waals surface area contributed by atoms with Crippen LogP contribution in [-0.4, -0.2) is 12.5 Å². The second-order valence-corrected chi connectivity index (χ2v) is 4.76. The molecule has 0 radical (unpaired) electrons. The first-order valence-electron chi connectivity index (χ1n) is 6.87. The molecular formula is C17H18FNO2. The van der Waals surface area contributed by atoms with E-state index >= 15 is 0 Å². The topological polar surface area (TPSA) is 38.3 Å². The van der Waals surface area contributed by atoms with Crippen LogP contribution < -0.4 is 10.1 Å². The molecule has 0 spiro atoms. The van der Waals surface area contributed by atoms with E-state index in [0.29, 0.717) is 17.0 Å². The van der Waals surface area contributed by atoms with Crippen LogP contribution in [0.25, 0.3) is 0 Å². The summed E-state index contributed by atoms with van der Waals surface area (Å²) in [4.78, 5) is 11.9. The van der Waals surface area contributed by atoms with Gasteiger partial charge in [-0.2, -0.15) is 0 Å². The second-order valence-electron chi connectivity index (χ2n) is 4.76. The van der Waals surface area contributed by atoms with Crippen LogP contribution in [0.4, 0.5) is 10.1 Å². The number of benzene rings is 2. The zero-order valence-corrected chi connectivity index (χ0v) is 12.2. The quantitative estimate of drug-likeness (QED) is 0.910. The Kier molecular flexibility index (Phi) is 4.93. The van der Waals surface area contributed by atoms with E-state index in [2.05, 4.69) is 5.32 Å². The average Bonchev–Trinajstić information content (AvgIpc) is 2.48. The number of halogens is 1. The van der Waals surface area contributed by atoms with Crippen LogP contribution in [0, 0.1) is 12.7 Å². The maximum Gasteiger partial charge on any atom is 0.262 e. The Morgan fingerprint density at radius 3 is 2.71 bits per heavy atom. The van der Waals surface area contributed by atoms with Gasteiger partial charge in [-0.05, 0) is 48.7 Å². The first-order valence-corrected chi connectivity index (χ1v) is 6.87. The van der Waals surface area contributed by atoms with E-state index in [4.69, 9.17) is 4.74 Å². The number of anilines is 1. The van der Waals surface area contributed by atoms with Gasteiger partial charge < -0.3 is 10.1 Å². The minimum absolute atomic E-state index is 0.0756. The molecule has 4 heteroatoms. The van der Waals surface area contributed by atoms with Crippen LogP contribution in [0.2, 0.25) is 0 Å². The molecule has 2 aromatic carbocycles. The average molecular weight is 287 g/mol. The van der Waals surface area contributed by atoms with Gasteiger partial charge in [0.2, 0.25) is 0 Å². The number of nitrogens with one attached hydrogen (secondary N) is 1. The fourth-order valence-corrected chi connectivity index (χ4v) is 2.03. The number of carbonyl (C=O) groups excluding carboxylic acids is 1. The molecule has 0 saturated carbocycles. The standard InChI is InChI=1S/C17H18FNO2/c1-3-13-6-4-5-7-16(13)21-11-17(20)19-15-9-8-14(18)10-12(15)2/h4-10H,3,11H2,1-2H3,(H,19,20). The van der Waals surface area contributed by atoms with Crippen molar-refractivity contribution in [2.45, 2.75) is 20.3 Å². The van der Waals surface area contributed by atoms with Crippen molar-refractivity contribution in [1.29, 1.82) is 0 Å². The largest absolute Gasteiger partial charge is 0.483 e. The summed E-state index contributed by atoms with van der Waals surface area (Å²) in [6, 6.07) is 11.9. The molecule has 21 heavy (non-hydrogen) atoms. The minimum atomic E-state index is -0.321. The lowest BCUT2D eigenvalue weighted by Gasteiger charge is -2.11. The first-order chi connectivity index (χ1) is 10.1. The Morgan fingerprint density at radius 2 is 2.00 bits per heavy atom. The number of amides is 1. The normalized spacial score (nSPS) is 10.2. The highest BCUT2D eigenvalue weighted by Gasteiger charge is 2.08. The Labute approximate surface area is 123 Å². The maximum absolute atomic E-state index is 13.0. The number of carbonyl (C=O) groups is 1. The molecule has 0 unspecified atom stereocenters. The fraction of sp³-hybridized carbons (Fsp3) is 0.235. The third-order valence-electron chi connectivity index (χ3n) is 3.17. The predicted molar refractivity (Wildman–Crippen MR) is 81.1 cm³/mol. The van der Waals surface area contributed by atoms with Gasteiger partial charge in [0.15, 0.2) is 6.61 Å². The lowest BCUT2D eigenvalue weighted by molar-refractivity contribution is -0.118. The summed E-state index contributed by atoms with van der Waals surface area (Å²) < 4.78 is 18.5. The molecule has 1 amide bonds. The van der Waals surface area contributed by atoms with Crippen molar-refractivity contribution in [3.05, 3.63) is 59.4 Å². The highest BCUT2D eigenvalue weighted by atomic mass is 19.1. The molecule has 0 saturated heterocycles. The van der Waals surface area contributed by atoms with E-state index < -0.39 is 0 Å². The molecule has 3 nitrogen and oxygen atoms in total. The Balaban J connectivity index is 1.96. The van der Waals surface area contributed by atoms with Crippen molar-refractivity contribution >= 4 is 11.6 Å². The third kappa shape index (κ3) is 4.05. The van der Waals surface area contributed by atoms with Gasteiger partial charge in [0.1, 0.15) is 11.6 Å². The van der Waals surface area contributed by atoms with Crippen molar-refractivity contribution < 1.29 is 13.9 Å². The molecule has 0 aliphatic heterocycles. The molecular weight excluding hydrogens is 269 g/mol. The fourth-order valence-electron chi connectivity index (χ4n) is 2.03. The third-order valence-corrected chi connectivity index (χ3v) is 3.17. The van der Waals surface area contributed by atoms with Gasteiger partial charge in [0.05, 0.1) is 0 Å². The number of aryl methyl sites for hydroxylation is 2. The summed E-state index contributed by atoms with van der Waals surface area (Å²) in [6.07, 6.45) is 0.842. The zero-order chi connectivity index (χ0) is 15.2. The van der Waals surface area contributed by atoms with Gasteiger partial charge in [0, 0.05) is 5.69 Å². The maximum atomic E-state index is 13.0. The van der Waals surface area contributed by atoms with Gasteiger partial charge in [-0.15, -0.1) is 0 Å². The molecule has 0 atom stereocenters. The summed E-state index contributed by atoms with van der Waals surface area (Å²) in [6.45, 7) is 3.70. The highest BCUT2D eigenvalue weighted by molar-refractivity contribution is 5.92. The summed E-state index contributed by atoms with van der Waals surface area (Å²) in [5.74, 6) is 0.125. The lowest BCUT2D eigenvalue weighted by Crippen LogP contribution is -2.21. The van der Waals surface area contributed by atoms with Crippen LogP contribution >= 0.6 is 0 Å². The predicted octanol–water partition coefficient (Wildman–Crippen LogP) is 3.71. The van der Waals surface area contributed by atoms with E-state index in [1.165, 1.54) is 12.1 Å². The molecule has 2 rings (SSSR count). The number of rotatable bonds is 5. The van der Waals surface area contributed by atoms with Crippen LogP contribution in [0.15, 0.2) is 42.5 Å². The monoisotopic (exact) mass is 287 g/mol. The molecule has 0 fully saturated rings. The van der Waals surface area contributed by atoms with E-state index in [1.54, 1.807) is 13.0 Å². The van der Waals surface area contributed by atoms with Crippen LogP contribution in [0.1, 0.15) is 18.1 Å². The Bertz CT molecular complexity index is 640. The van der Waals surface area contributed by atoms with Crippen LogP contribution in [0.3, 0.4) is 0 Å². The van der Waals surface area contributed by atoms with Gasteiger partial charge >= 0.3 is 0 Å². The summed E-state index contributed by atoms with van der Waals surface area (Å²) in [7, 11) is 0. The van der Waals surface area contributed by atoms with Gasteiger partial charge in [-0.25, -0.2) is 4.39 Å². The van der Waals surface area contributed by atoms with E-state index in [1.807, 2.05) is 31.2 Å². The molecule has 2 aromatic rings. The summed E-state index contributed by atoms with van der Waals surface area (Å²) in [5.41, 5.74) is 2.33. The summed E-state index contributed by atoms with van der Waals surface area (Å²) in [5, 5.41) is 2.71. The summed E-state index contributed by atoms with van der Waals surface area (Å²) >= 11 is 0. The minimum Gasteiger partial charge on any atom is -0.483 e. The Morgan fingerprint density at radius 1 is 1.24 bits per heavy atom. The van der Waals surface area contributed by atoms with Crippen molar-refractivity contribution in [2.75, 3.05) is 11.9 Å². The van der Waals surface area contributed by atoms with Gasteiger partial charge in [-0.3, -0.25) is 4.79 Å². The molecule has 0 bridgehead atoms. The number of ether oxygens (including phenoxy) is 1. The van der Waals surface area contributed by atoms with E-state index in [-0.39, 0.29) is 18.3 Å². The lowest BCUT2D eigenvalue weighted by atomic mass is 10.1. The number of para-hydroxylation sites is 1. The SMILES string of the molecule is CCc1ccccc1OCC(=O)Nc1ccc(F)cc1C. The van der Waals surface area contributed by atoms with Crippen molar-refractivity contribution in [2.24, 2.45) is 0 Å². The molecule has 0 aliphatic carbocycles. The molecule has 110 valence electrons. The first kappa shape index (κ1) is 15.0. The number of hydrogen-bond donors (Lipinski definition) is 1. The van der Waals surface area contributed by atoms with Crippen molar-refractivity contribution in [3.63, 3.8) is 0 Å². The highest BCUT2D eigenvalue weighted by Crippen LogP contribution is 2.19. The molecule has 0 aromatic heterocycles.